The maximum absolute atomic E-state index is 12.0. The molecule has 0 unspecified atom stereocenters. The van der Waals surface area contributed by atoms with Crippen LogP contribution in [0.5, 0.6) is 0 Å². The molecule has 0 aromatic heterocycles. The molecule has 0 saturated carbocycles. The molecule has 2 N–H and O–H groups in total. The molecule has 2 amide bonds. The Morgan fingerprint density at radius 1 is 1.26 bits per heavy atom. The summed E-state index contributed by atoms with van der Waals surface area (Å²) in [7, 11) is 1.32. The number of esters is 1. The van der Waals surface area contributed by atoms with E-state index in [0.29, 0.717) is 12.1 Å². The van der Waals surface area contributed by atoms with Gasteiger partial charge in [0.25, 0.3) is 0 Å². The summed E-state index contributed by atoms with van der Waals surface area (Å²) in [6.07, 6.45) is 5.85. The minimum Gasteiger partial charge on any atom is -0.467 e. The van der Waals surface area contributed by atoms with Gasteiger partial charge in [0.2, 0.25) is 0 Å². The summed E-state index contributed by atoms with van der Waals surface area (Å²) >= 11 is 1.62. The first-order chi connectivity index (χ1) is 11.1. The molecule has 1 atom stereocenters. The van der Waals surface area contributed by atoms with E-state index in [4.69, 9.17) is 4.74 Å². The molecular formula is C17H26N2O3S. The second-order valence-corrected chi connectivity index (χ2v) is 6.24. The summed E-state index contributed by atoms with van der Waals surface area (Å²) < 4.78 is 4.72. The van der Waals surface area contributed by atoms with Crippen LogP contribution in [0.4, 0.5) is 10.5 Å². The van der Waals surface area contributed by atoms with Gasteiger partial charge in [0, 0.05) is 5.69 Å². The van der Waals surface area contributed by atoms with Crippen molar-refractivity contribution in [3.05, 3.63) is 29.8 Å². The zero-order valence-electron chi connectivity index (χ0n) is 14.1. The number of ether oxygens (including phenoxy) is 1. The molecule has 0 saturated heterocycles. The van der Waals surface area contributed by atoms with Gasteiger partial charge in [-0.15, -0.1) is 0 Å². The van der Waals surface area contributed by atoms with Gasteiger partial charge in [0.1, 0.15) is 6.04 Å². The van der Waals surface area contributed by atoms with Gasteiger partial charge in [-0.25, -0.2) is 9.59 Å². The highest BCUT2D eigenvalue weighted by Gasteiger charge is 2.20. The molecule has 1 aromatic carbocycles. The second-order valence-electron chi connectivity index (χ2n) is 5.26. The maximum Gasteiger partial charge on any atom is 0.328 e. The van der Waals surface area contributed by atoms with E-state index in [9.17, 15) is 9.59 Å². The lowest BCUT2D eigenvalue weighted by molar-refractivity contribution is -0.142. The molecule has 0 radical (unpaired) electrons. The van der Waals surface area contributed by atoms with Crippen LogP contribution in [0.25, 0.3) is 0 Å². The summed E-state index contributed by atoms with van der Waals surface area (Å²) in [5, 5.41) is 5.41. The molecule has 0 aliphatic rings. The molecular weight excluding hydrogens is 312 g/mol. The smallest absolute Gasteiger partial charge is 0.328 e. The number of hydrogen-bond acceptors (Lipinski definition) is 4. The molecule has 5 nitrogen and oxygen atoms in total. The third-order valence-electron chi connectivity index (χ3n) is 3.43. The first kappa shape index (κ1) is 19.4. The molecule has 23 heavy (non-hydrogen) atoms. The number of carbonyl (C=O) groups is 2. The van der Waals surface area contributed by atoms with Crippen LogP contribution < -0.4 is 10.6 Å². The summed E-state index contributed by atoms with van der Waals surface area (Å²) in [6, 6.07) is 6.74. The fourth-order valence-electron chi connectivity index (χ4n) is 2.09. The number of urea groups is 1. The van der Waals surface area contributed by atoms with E-state index in [0.717, 1.165) is 25.0 Å². The largest absolute Gasteiger partial charge is 0.467 e. The Kier molecular flexibility index (Phi) is 9.21. The summed E-state index contributed by atoms with van der Waals surface area (Å²) in [5.74, 6) is 0.343. The number of unbranched alkanes of at least 4 members (excludes halogenated alkanes) is 1. The zero-order chi connectivity index (χ0) is 17.1. The highest BCUT2D eigenvalue weighted by molar-refractivity contribution is 7.98. The monoisotopic (exact) mass is 338 g/mol. The standard InChI is InChI=1S/C17H26N2O3S/c1-4-5-6-13-7-9-14(10-8-13)18-17(21)19-15(11-12-23-3)16(20)22-2/h7-10,15H,4-6,11-12H2,1-3H3,(H2,18,19,21)/t15-/m0/s1. The summed E-state index contributed by atoms with van der Waals surface area (Å²) in [5.41, 5.74) is 1.96. The minimum absolute atomic E-state index is 0.400. The molecule has 0 aliphatic carbocycles. The van der Waals surface area contributed by atoms with Crippen molar-refractivity contribution in [3.8, 4) is 0 Å². The molecule has 128 valence electrons. The van der Waals surface area contributed by atoms with Crippen LogP contribution in [0.15, 0.2) is 24.3 Å². The van der Waals surface area contributed by atoms with Gasteiger partial charge in [0.15, 0.2) is 0 Å². The van der Waals surface area contributed by atoms with Crippen molar-refractivity contribution < 1.29 is 14.3 Å². The lowest BCUT2D eigenvalue weighted by atomic mass is 10.1. The Morgan fingerprint density at radius 2 is 1.96 bits per heavy atom. The van der Waals surface area contributed by atoms with Crippen molar-refractivity contribution in [2.75, 3.05) is 24.4 Å². The Labute approximate surface area is 142 Å². The lowest BCUT2D eigenvalue weighted by Gasteiger charge is -2.16. The number of thioether (sulfide) groups is 1. The molecule has 0 fully saturated rings. The van der Waals surface area contributed by atoms with E-state index in [2.05, 4.69) is 17.6 Å². The van der Waals surface area contributed by atoms with Gasteiger partial charge in [-0.3, -0.25) is 0 Å². The van der Waals surface area contributed by atoms with Gasteiger partial charge >= 0.3 is 12.0 Å². The molecule has 0 aliphatic heterocycles. The average Bonchev–Trinajstić information content (AvgIpc) is 2.57. The van der Waals surface area contributed by atoms with Crippen LogP contribution in [0.1, 0.15) is 31.7 Å². The van der Waals surface area contributed by atoms with E-state index in [1.54, 1.807) is 11.8 Å². The Bertz CT molecular complexity index is 491. The van der Waals surface area contributed by atoms with Gasteiger partial charge in [-0.05, 0) is 49.0 Å². The number of carbonyl (C=O) groups excluding carboxylic acids is 2. The third kappa shape index (κ3) is 7.41. The molecule has 0 heterocycles. The zero-order valence-corrected chi connectivity index (χ0v) is 14.9. The quantitative estimate of drug-likeness (QED) is 0.677. The number of rotatable bonds is 9. The van der Waals surface area contributed by atoms with E-state index in [1.165, 1.54) is 12.7 Å². The van der Waals surface area contributed by atoms with Crippen molar-refractivity contribution in [3.63, 3.8) is 0 Å². The summed E-state index contributed by atoms with van der Waals surface area (Å²) in [4.78, 5) is 23.7. The first-order valence-electron chi connectivity index (χ1n) is 7.84. The second kappa shape index (κ2) is 10.9. The van der Waals surface area contributed by atoms with Gasteiger partial charge in [-0.2, -0.15) is 11.8 Å². The molecule has 1 rings (SSSR count). The highest BCUT2D eigenvalue weighted by atomic mass is 32.2. The average molecular weight is 338 g/mol. The highest BCUT2D eigenvalue weighted by Crippen LogP contribution is 2.12. The normalized spacial score (nSPS) is 11.6. The van der Waals surface area contributed by atoms with Gasteiger partial charge < -0.3 is 15.4 Å². The molecule has 1 aromatic rings. The van der Waals surface area contributed by atoms with Crippen molar-refractivity contribution in [2.24, 2.45) is 0 Å². The molecule has 0 bridgehead atoms. The Morgan fingerprint density at radius 3 is 2.52 bits per heavy atom. The van der Waals surface area contributed by atoms with Crippen LogP contribution in [-0.4, -0.2) is 37.2 Å². The van der Waals surface area contributed by atoms with E-state index >= 15 is 0 Å². The molecule has 6 heteroatoms. The lowest BCUT2D eigenvalue weighted by Crippen LogP contribution is -2.44. The van der Waals surface area contributed by atoms with Crippen LogP contribution in [-0.2, 0) is 16.0 Å². The third-order valence-corrected chi connectivity index (χ3v) is 4.08. The number of nitrogens with one attached hydrogen (secondary N) is 2. The number of anilines is 1. The van der Waals surface area contributed by atoms with Crippen molar-refractivity contribution >= 4 is 29.4 Å². The Hall–Kier alpha value is -1.69. The van der Waals surface area contributed by atoms with E-state index in [1.807, 2.05) is 30.5 Å². The fourth-order valence-corrected chi connectivity index (χ4v) is 2.56. The maximum atomic E-state index is 12.0. The number of hydrogen-bond donors (Lipinski definition) is 2. The SMILES string of the molecule is CCCCc1ccc(NC(=O)N[C@@H](CCSC)C(=O)OC)cc1. The van der Waals surface area contributed by atoms with E-state index < -0.39 is 18.0 Å². The minimum atomic E-state index is -0.628. The fraction of sp³-hybridized carbons (Fsp3) is 0.529. The molecule has 0 spiro atoms. The topological polar surface area (TPSA) is 67.4 Å². The summed E-state index contributed by atoms with van der Waals surface area (Å²) in [6.45, 7) is 2.16. The van der Waals surface area contributed by atoms with Crippen LogP contribution in [0.3, 0.4) is 0 Å². The van der Waals surface area contributed by atoms with Gasteiger partial charge in [-0.1, -0.05) is 25.5 Å². The predicted molar refractivity (Wildman–Crippen MR) is 96.0 cm³/mol. The predicted octanol–water partition coefficient (Wildman–Crippen LogP) is 3.45. The number of amides is 2. The first-order valence-corrected chi connectivity index (χ1v) is 9.23. The number of aryl methyl sites for hydroxylation is 1. The van der Waals surface area contributed by atoms with Crippen LogP contribution >= 0.6 is 11.8 Å². The number of benzene rings is 1. The van der Waals surface area contributed by atoms with Crippen LogP contribution in [0, 0.1) is 0 Å². The van der Waals surface area contributed by atoms with Crippen molar-refractivity contribution in [1.82, 2.24) is 5.32 Å². The number of methoxy groups -OCH3 is 1. The Balaban J connectivity index is 2.54. The van der Waals surface area contributed by atoms with Crippen LogP contribution in [0.2, 0.25) is 0 Å². The van der Waals surface area contributed by atoms with Gasteiger partial charge in [0.05, 0.1) is 7.11 Å². The van der Waals surface area contributed by atoms with Crippen molar-refractivity contribution in [2.45, 2.75) is 38.6 Å². The van der Waals surface area contributed by atoms with E-state index in [-0.39, 0.29) is 0 Å². The van der Waals surface area contributed by atoms with Crippen molar-refractivity contribution in [1.29, 1.82) is 0 Å².